The minimum absolute atomic E-state index is 0.0886. The molecule has 1 saturated heterocycles. The van der Waals surface area contributed by atoms with Crippen LogP contribution >= 0.6 is 0 Å². The van der Waals surface area contributed by atoms with Gasteiger partial charge in [0.15, 0.2) is 0 Å². The summed E-state index contributed by atoms with van der Waals surface area (Å²) in [6.45, 7) is 2.18. The van der Waals surface area contributed by atoms with Gasteiger partial charge in [-0.2, -0.15) is 13.2 Å². The Morgan fingerprint density at radius 3 is 2.45 bits per heavy atom. The van der Waals surface area contributed by atoms with E-state index in [2.05, 4.69) is 26.7 Å². The largest absolute Gasteiger partial charge is 0.418 e. The Balaban J connectivity index is 1.38. The number of H-pyrrole nitrogens is 2. The fourth-order valence-electron chi connectivity index (χ4n) is 3.99. The highest BCUT2D eigenvalue weighted by Gasteiger charge is 2.34. The Morgan fingerprint density at radius 1 is 1.06 bits per heavy atom. The first-order valence-electron chi connectivity index (χ1n) is 10.1. The molecule has 2 N–H and O–H groups in total. The molecule has 31 heavy (non-hydrogen) atoms. The smallest absolute Gasteiger partial charge is 0.306 e. The molecular weight excluding hydrogens is 410 g/mol. The molecule has 3 aromatic rings. The topological polar surface area (TPSA) is 51.9 Å². The molecular formula is C23H21F4N3O. The van der Waals surface area contributed by atoms with Crippen LogP contribution in [-0.2, 0) is 12.6 Å². The lowest BCUT2D eigenvalue weighted by Crippen LogP contribution is -2.34. The first kappa shape index (κ1) is 21.2. The van der Waals surface area contributed by atoms with Crippen LogP contribution in [0.1, 0.15) is 29.5 Å². The third-order valence-corrected chi connectivity index (χ3v) is 5.61. The number of nitrogens with one attached hydrogen (secondary N) is 2. The second kappa shape index (κ2) is 8.60. The van der Waals surface area contributed by atoms with Crippen molar-refractivity contribution in [3.63, 3.8) is 0 Å². The summed E-state index contributed by atoms with van der Waals surface area (Å²) in [5.41, 5.74) is -0.431. The van der Waals surface area contributed by atoms with Crippen LogP contribution in [0.25, 0.3) is 11.0 Å². The van der Waals surface area contributed by atoms with E-state index in [1.807, 2.05) is 12.1 Å². The van der Waals surface area contributed by atoms with Crippen molar-refractivity contribution in [2.75, 3.05) is 19.6 Å². The number of fused-ring (bicyclic) bond motifs is 1. The first-order valence-corrected chi connectivity index (χ1v) is 10.1. The number of hydrogen-bond acceptors (Lipinski definition) is 2. The molecule has 2 heterocycles. The van der Waals surface area contributed by atoms with Crippen LogP contribution in [-0.4, -0.2) is 34.5 Å². The number of benzene rings is 2. The average Bonchev–Trinajstić information content (AvgIpc) is 3.09. The molecule has 2 aromatic carbocycles. The molecule has 4 rings (SSSR count). The van der Waals surface area contributed by atoms with Gasteiger partial charge in [0, 0.05) is 5.56 Å². The van der Waals surface area contributed by atoms with Crippen LogP contribution in [0.4, 0.5) is 17.6 Å². The highest BCUT2D eigenvalue weighted by molar-refractivity contribution is 5.80. The van der Waals surface area contributed by atoms with E-state index < -0.39 is 17.4 Å². The van der Waals surface area contributed by atoms with Gasteiger partial charge in [-0.05, 0) is 68.1 Å². The summed E-state index contributed by atoms with van der Waals surface area (Å²) in [4.78, 5) is 18.2. The number of rotatable bonds is 3. The number of hydrogen-bond donors (Lipinski definition) is 2. The van der Waals surface area contributed by atoms with E-state index in [1.165, 1.54) is 18.2 Å². The van der Waals surface area contributed by atoms with Gasteiger partial charge in [0.1, 0.15) is 5.82 Å². The highest BCUT2D eigenvalue weighted by Crippen LogP contribution is 2.34. The summed E-state index contributed by atoms with van der Waals surface area (Å²) in [5.74, 6) is 6.05. The number of piperidine rings is 1. The normalized spacial score (nSPS) is 15.7. The van der Waals surface area contributed by atoms with E-state index in [1.54, 1.807) is 0 Å². The van der Waals surface area contributed by atoms with Crippen molar-refractivity contribution in [3.8, 4) is 11.8 Å². The summed E-state index contributed by atoms with van der Waals surface area (Å²) in [6, 6.07) is 9.00. The molecule has 0 aliphatic carbocycles. The summed E-state index contributed by atoms with van der Waals surface area (Å²) in [6.07, 6.45) is -1.69. The zero-order chi connectivity index (χ0) is 22.0. The van der Waals surface area contributed by atoms with Crippen molar-refractivity contribution in [3.05, 3.63) is 69.4 Å². The van der Waals surface area contributed by atoms with E-state index in [0.29, 0.717) is 12.5 Å². The Kier molecular flexibility index (Phi) is 5.88. The first-order chi connectivity index (χ1) is 14.8. The average molecular weight is 431 g/mol. The van der Waals surface area contributed by atoms with E-state index in [0.717, 1.165) is 44.0 Å². The van der Waals surface area contributed by atoms with Gasteiger partial charge in [-0.3, -0.25) is 4.90 Å². The number of halogens is 4. The van der Waals surface area contributed by atoms with Crippen LogP contribution in [0.3, 0.4) is 0 Å². The zero-order valence-electron chi connectivity index (χ0n) is 16.7. The Hall–Kier alpha value is -3.05. The predicted molar refractivity (Wildman–Crippen MR) is 110 cm³/mol. The predicted octanol–water partition coefficient (Wildman–Crippen LogP) is 4.32. The number of alkyl halides is 3. The number of aromatic amines is 2. The highest BCUT2D eigenvalue weighted by atomic mass is 19.4. The molecule has 162 valence electrons. The van der Waals surface area contributed by atoms with E-state index >= 15 is 0 Å². The van der Waals surface area contributed by atoms with Crippen LogP contribution in [0.2, 0.25) is 0 Å². The van der Waals surface area contributed by atoms with Gasteiger partial charge in [-0.25, -0.2) is 9.18 Å². The molecule has 4 nitrogen and oxygen atoms in total. The van der Waals surface area contributed by atoms with Crippen molar-refractivity contribution in [2.45, 2.75) is 25.4 Å². The lowest BCUT2D eigenvalue weighted by molar-refractivity contribution is -0.136. The van der Waals surface area contributed by atoms with Gasteiger partial charge in [0.05, 0.1) is 23.1 Å². The zero-order valence-corrected chi connectivity index (χ0v) is 16.7. The van der Waals surface area contributed by atoms with Crippen LogP contribution in [0.15, 0.2) is 41.2 Å². The summed E-state index contributed by atoms with van der Waals surface area (Å²) in [5, 5.41) is 0. The van der Waals surface area contributed by atoms with Crippen LogP contribution in [0.5, 0.6) is 0 Å². The molecule has 1 fully saturated rings. The van der Waals surface area contributed by atoms with Gasteiger partial charge in [0.25, 0.3) is 0 Å². The molecule has 8 heteroatoms. The SMILES string of the molecule is O=c1[nH]c2cc(C#CCN3CCC(Cc4ccc(F)cc4)CC3)cc(C(F)(F)F)c2[nH]1. The summed E-state index contributed by atoms with van der Waals surface area (Å²) < 4.78 is 53.0. The fraction of sp³-hybridized carbons (Fsp3) is 0.348. The quantitative estimate of drug-likeness (QED) is 0.479. The standard InChI is InChI=1S/C23H21F4N3O/c24-18-5-3-15(4-6-18)12-16-7-10-30(11-8-16)9-1-2-17-13-19(23(25,26)27)21-20(14-17)28-22(31)29-21/h3-6,13-14,16H,7-12H2,(H2,28,29,31). The van der Waals surface area contributed by atoms with Crippen LogP contribution in [0, 0.1) is 23.6 Å². The van der Waals surface area contributed by atoms with Gasteiger partial charge in [-0.1, -0.05) is 24.0 Å². The molecule has 0 bridgehead atoms. The molecule has 1 aliphatic rings. The van der Waals surface area contributed by atoms with Crippen molar-refractivity contribution in [1.82, 2.24) is 14.9 Å². The number of aromatic nitrogens is 2. The van der Waals surface area contributed by atoms with Crippen molar-refractivity contribution < 1.29 is 17.6 Å². The van der Waals surface area contributed by atoms with Crippen molar-refractivity contribution >= 4 is 11.0 Å². The lowest BCUT2D eigenvalue weighted by Gasteiger charge is -2.30. The molecule has 0 amide bonds. The monoisotopic (exact) mass is 431 g/mol. The minimum atomic E-state index is -4.59. The van der Waals surface area contributed by atoms with E-state index in [9.17, 15) is 22.4 Å². The van der Waals surface area contributed by atoms with E-state index in [-0.39, 0.29) is 22.4 Å². The molecule has 0 atom stereocenters. The number of likely N-dealkylation sites (tertiary alicyclic amines) is 1. The molecule has 0 spiro atoms. The van der Waals surface area contributed by atoms with Crippen LogP contribution < -0.4 is 5.69 Å². The molecule has 1 aliphatic heterocycles. The maximum atomic E-state index is 13.3. The Labute approximate surface area is 176 Å². The minimum Gasteiger partial charge on any atom is -0.306 e. The Bertz CT molecular complexity index is 1170. The van der Waals surface area contributed by atoms with Crippen molar-refractivity contribution in [2.24, 2.45) is 5.92 Å². The number of nitrogens with zero attached hydrogens (tertiary/aromatic N) is 1. The Morgan fingerprint density at radius 2 is 1.77 bits per heavy atom. The molecule has 0 saturated carbocycles. The van der Waals surface area contributed by atoms with Gasteiger partial charge >= 0.3 is 11.9 Å². The molecule has 0 radical (unpaired) electrons. The van der Waals surface area contributed by atoms with Gasteiger partial charge in [0.2, 0.25) is 0 Å². The van der Waals surface area contributed by atoms with Gasteiger partial charge in [-0.15, -0.1) is 0 Å². The second-order valence-corrected chi connectivity index (χ2v) is 7.88. The van der Waals surface area contributed by atoms with Crippen molar-refractivity contribution in [1.29, 1.82) is 0 Å². The lowest BCUT2D eigenvalue weighted by atomic mass is 9.90. The maximum Gasteiger partial charge on any atom is 0.418 e. The third-order valence-electron chi connectivity index (χ3n) is 5.61. The van der Waals surface area contributed by atoms with Gasteiger partial charge < -0.3 is 9.97 Å². The second-order valence-electron chi connectivity index (χ2n) is 7.88. The van der Waals surface area contributed by atoms with E-state index in [4.69, 9.17) is 0 Å². The number of imidazole rings is 1. The third kappa shape index (κ3) is 5.17. The molecule has 1 aromatic heterocycles. The maximum absolute atomic E-state index is 13.3. The molecule has 0 unspecified atom stereocenters. The fourth-order valence-corrected chi connectivity index (χ4v) is 3.99. The summed E-state index contributed by atoms with van der Waals surface area (Å²) in [7, 11) is 0. The summed E-state index contributed by atoms with van der Waals surface area (Å²) >= 11 is 0.